The van der Waals surface area contributed by atoms with Crippen molar-refractivity contribution in [3.05, 3.63) is 53.6 Å². The number of benzene rings is 2. The summed E-state index contributed by atoms with van der Waals surface area (Å²) >= 11 is 0. The SMILES string of the molecule is COc1cc(C#N)ccc1Oc1ccc(C#N)cc1. The van der Waals surface area contributed by atoms with Crippen molar-refractivity contribution >= 4 is 0 Å². The van der Waals surface area contributed by atoms with E-state index in [1.54, 1.807) is 42.5 Å². The molecule has 0 N–H and O–H groups in total. The lowest BCUT2D eigenvalue weighted by molar-refractivity contribution is 0.378. The molecule has 0 aliphatic heterocycles. The maximum Gasteiger partial charge on any atom is 0.169 e. The number of hydrogen-bond acceptors (Lipinski definition) is 4. The average Bonchev–Trinajstić information content (AvgIpc) is 2.48. The van der Waals surface area contributed by atoms with Crippen LogP contribution in [0.4, 0.5) is 0 Å². The molecule has 4 nitrogen and oxygen atoms in total. The van der Waals surface area contributed by atoms with Gasteiger partial charge in [-0.25, -0.2) is 0 Å². The second-order valence-electron chi connectivity index (χ2n) is 3.72. The minimum absolute atomic E-state index is 0.489. The molecular weight excluding hydrogens is 240 g/mol. The summed E-state index contributed by atoms with van der Waals surface area (Å²) < 4.78 is 10.8. The van der Waals surface area contributed by atoms with Gasteiger partial charge in [0.25, 0.3) is 0 Å². The predicted molar refractivity (Wildman–Crippen MR) is 68.9 cm³/mol. The minimum atomic E-state index is 0.489. The summed E-state index contributed by atoms with van der Waals surface area (Å²) in [5, 5.41) is 17.5. The standard InChI is InChI=1S/C15H10N2O2/c1-18-15-8-12(10-17)4-7-14(15)19-13-5-2-11(9-16)3-6-13/h2-8H,1H3. The molecule has 0 saturated carbocycles. The van der Waals surface area contributed by atoms with E-state index in [2.05, 4.69) is 0 Å². The molecule has 0 radical (unpaired) electrons. The van der Waals surface area contributed by atoms with E-state index in [9.17, 15) is 0 Å². The molecule has 92 valence electrons. The average molecular weight is 250 g/mol. The first kappa shape index (κ1) is 12.5. The predicted octanol–water partition coefficient (Wildman–Crippen LogP) is 3.23. The molecule has 2 aromatic carbocycles. The van der Waals surface area contributed by atoms with Gasteiger partial charge in [0, 0.05) is 6.07 Å². The molecule has 0 atom stereocenters. The zero-order chi connectivity index (χ0) is 13.7. The molecule has 0 aromatic heterocycles. The van der Waals surface area contributed by atoms with E-state index in [1.807, 2.05) is 12.1 Å². The highest BCUT2D eigenvalue weighted by molar-refractivity contribution is 5.48. The smallest absolute Gasteiger partial charge is 0.169 e. The number of nitriles is 2. The van der Waals surface area contributed by atoms with Crippen molar-refractivity contribution in [2.24, 2.45) is 0 Å². The Kier molecular flexibility index (Phi) is 3.66. The fraction of sp³-hybridized carbons (Fsp3) is 0.0667. The molecule has 0 aliphatic rings. The molecule has 19 heavy (non-hydrogen) atoms. The van der Waals surface area contributed by atoms with Gasteiger partial charge in [-0.3, -0.25) is 0 Å². The Morgan fingerprint density at radius 3 is 2.05 bits per heavy atom. The van der Waals surface area contributed by atoms with Gasteiger partial charge in [-0.15, -0.1) is 0 Å². The lowest BCUT2D eigenvalue weighted by atomic mass is 10.2. The van der Waals surface area contributed by atoms with Gasteiger partial charge in [0.2, 0.25) is 0 Å². The van der Waals surface area contributed by atoms with E-state index in [4.69, 9.17) is 20.0 Å². The molecule has 0 spiro atoms. The van der Waals surface area contributed by atoms with Crippen molar-refractivity contribution < 1.29 is 9.47 Å². The Morgan fingerprint density at radius 1 is 0.842 bits per heavy atom. The van der Waals surface area contributed by atoms with Crippen LogP contribution in [0.2, 0.25) is 0 Å². The highest BCUT2D eigenvalue weighted by Crippen LogP contribution is 2.32. The summed E-state index contributed by atoms with van der Waals surface area (Å²) in [5.41, 5.74) is 1.07. The number of hydrogen-bond donors (Lipinski definition) is 0. The summed E-state index contributed by atoms with van der Waals surface area (Å²) in [4.78, 5) is 0. The van der Waals surface area contributed by atoms with Crippen LogP contribution in [0.15, 0.2) is 42.5 Å². The summed E-state index contributed by atoms with van der Waals surface area (Å²) in [6.45, 7) is 0. The lowest BCUT2D eigenvalue weighted by Crippen LogP contribution is -1.91. The van der Waals surface area contributed by atoms with Crippen LogP contribution in [-0.2, 0) is 0 Å². The van der Waals surface area contributed by atoms with Crippen LogP contribution in [-0.4, -0.2) is 7.11 Å². The van der Waals surface area contributed by atoms with Crippen LogP contribution >= 0.6 is 0 Å². The third kappa shape index (κ3) is 2.83. The van der Waals surface area contributed by atoms with E-state index in [0.29, 0.717) is 28.4 Å². The van der Waals surface area contributed by atoms with Crippen LogP contribution in [0.1, 0.15) is 11.1 Å². The number of ether oxygens (including phenoxy) is 2. The molecule has 0 bridgehead atoms. The van der Waals surface area contributed by atoms with Gasteiger partial charge in [-0.2, -0.15) is 10.5 Å². The molecule has 0 fully saturated rings. The van der Waals surface area contributed by atoms with Crippen molar-refractivity contribution in [3.8, 4) is 29.4 Å². The lowest BCUT2D eigenvalue weighted by Gasteiger charge is -2.10. The van der Waals surface area contributed by atoms with Crippen LogP contribution in [0, 0.1) is 22.7 Å². The van der Waals surface area contributed by atoms with Gasteiger partial charge in [-0.05, 0) is 36.4 Å². The Bertz CT molecular complexity index is 664. The molecule has 0 saturated heterocycles. The Hall–Kier alpha value is -2.98. The molecule has 2 aromatic rings. The van der Waals surface area contributed by atoms with Gasteiger partial charge in [0.1, 0.15) is 5.75 Å². The fourth-order valence-corrected chi connectivity index (χ4v) is 1.55. The van der Waals surface area contributed by atoms with E-state index in [1.165, 1.54) is 7.11 Å². The third-order valence-corrected chi connectivity index (χ3v) is 2.50. The van der Waals surface area contributed by atoms with Crippen molar-refractivity contribution in [1.29, 1.82) is 10.5 Å². The van der Waals surface area contributed by atoms with Crippen molar-refractivity contribution in [2.75, 3.05) is 7.11 Å². The zero-order valence-electron chi connectivity index (χ0n) is 10.3. The van der Waals surface area contributed by atoms with Crippen molar-refractivity contribution in [1.82, 2.24) is 0 Å². The van der Waals surface area contributed by atoms with Gasteiger partial charge in [0.15, 0.2) is 11.5 Å². The normalized spacial score (nSPS) is 9.21. The van der Waals surface area contributed by atoms with Gasteiger partial charge in [0.05, 0.1) is 30.4 Å². The first-order chi connectivity index (χ1) is 9.26. The molecule has 0 heterocycles. The fourth-order valence-electron chi connectivity index (χ4n) is 1.55. The highest BCUT2D eigenvalue weighted by Gasteiger charge is 2.07. The first-order valence-electron chi connectivity index (χ1n) is 5.53. The zero-order valence-corrected chi connectivity index (χ0v) is 10.3. The molecule has 0 unspecified atom stereocenters. The van der Waals surface area contributed by atoms with E-state index < -0.39 is 0 Å². The summed E-state index contributed by atoms with van der Waals surface area (Å²) in [6, 6.07) is 15.8. The summed E-state index contributed by atoms with van der Waals surface area (Å²) in [6.07, 6.45) is 0. The van der Waals surface area contributed by atoms with Gasteiger partial charge in [-0.1, -0.05) is 0 Å². The second-order valence-corrected chi connectivity index (χ2v) is 3.72. The molecule has 2 rings (SSSR count). The molecule has 4 heteroatoms. The minimum Gasteiger partial charge on any atom is -0.493 e. The monoisotopic (exact) mass is 250 g/mol. The largest absolute Gasteiger partial charge is 0.493 e. The molecule has 0 aliphatic carbocycles. The van der Waals surface area contributed by atoms with E-state index in [0.717, 1.165) is 0 Å². The van der Waals surface area contributed by atoms with E-state index >= 15 is 0 Å². The van der Waals surface area contributed by atoms with Crippen molar-refractivity contribution in [2.45, 2.75) is 0 Å². The Morgan fingerprint density at radius 2 is 1.47 bits per heavy atom. The van der Waals surface area contributed by atoms with Crippen LogP contribution in [0.3, 0.4) is 0 Å². The first-order valence-corrected chi connectivity index (χ1v) is 5.53. The number of nitrogens with zero attached hydrogens (tertiary/aromatic N) is 2. The van der Waals surface area contributed by atoms with Crippen LogP contribution in [0.25, 0.3) is 0 Å². The summed E-state index contributed by atoms with van der Waals surface area (Å²) in [5.74, 6) is 1.61. The highest BCUT2D eigenvalue weighted by atomic mass is 16.5. The van der Waals surface area contributed by atoms with Crippen LogP contribution < -0.4 is 9.47 Å². The maximum atomic E-state index is 8.82. The molecular formula is C15H10N2O2. The van der Waals surface area contributed by atoms with Crippen molar-refractivity contribution in [3.63, 3.8) is 0 Å². The number of methoxy groups -OCH3 is 1. The van der Waals surface area contributed by atoms with E-state index in [-0.39, 0.29) is 0 Å². The second kappa shape index (κ2) is 5.57. The topological polar surface area (TPSA) is 66.0 Å². The summed E-state index contributed by atoms with van der Waals surface area (Å²) in [7, 11) is 1.52. The van der Waals surface area contributed by atoms with Crippen LogP contribution in [0.5, 0.6) is 17.2 Å². The van der Waals surface area contributed by atoms with Gasteiger partial charge >= 0.3 is 0 Å². The van der Waals surface area contributed by atoms with Gasteiger partial charge < -0.3 is 9.47 Å². The Labute approximate surface area is 111 Å². The number of rotatable bonds is 3. The third-order valence-electron chi connectivity index (χ3n) is 2.50. The quantitative estimate of drug-likeness (QED) is 0.838. The molecule has 0 amide bonds. The Balaban J connectivity index is 2.27. The maximum absolute atomic E-state index is 8.82.